The van der Waals surface area contributed by atoms with E-state index in [1.165, 1.54) is 0 Å². The average Bonchev–Trinajstić information content (AvgIpc) is 2.25. The molecule has 1 aliphatic heterocycles. The predicted molar refractivity (Wildman–Crippen MR) is 67.3 cm³/mol. The van der Waals surface area contributed by atoms with E-state index in [4.69, 9.17) is 9.47 Å². The van der Waals surface area contributed by atoms with Crippen molar-refractivity contribution in [2.24, 2.45) is 0 Å². The third kappa shape index (κ3) is 4.44. The van der Waals surface area contributed by atoms with Crippen LogP contribution in [0.15, 0.2) is 0 Å². The van der Waals surface area contributed by atoms with Gasteiger partial charge < -0.3 is 14.6 Å². The monoisotopic (exact) mass is 309 g/mol. The zero-order chi connectivity index (χ0) is 13.1. The highest BCUT2D eigenvalue weighted by Crippen LogP contribution is 2.17. The molecule has 17 heavy (non-hydrogen) atoms. The zero-order valence-corrected chi connectivity index (χ0v) is 12.1. The van der Waals surface area contributed by atoms with E-state index >= 15 is 0 Å². The van der Waals surface area contributed by atoms with Gasteiger partial charge in [-0.05, 0) is 20.8 Å². The molecule has 1 amide bonds. The van der Waals surface area contributed by atoms with Gasteiger partial charge in [0.1, 0.15) is 5.60 Å². The van der Waals surface area contributed by atoms with Crippen molar-refractivity contribution in [3.8, 4) is 0 Å². The SMILES string of the molecule is CC(C)(C)OC(=O)N1CCOCC1C(O)CBr. The van der Waals surface area contributed by atoms with Crippen LogP contribution in [-0.4, -0.2) is 58.9 Å². The lowest BCUT2D eigenvalue weighted by Crippen LogP contribution is -2.55. The van der Waals surface area contributed by atoms with Crippen LogP contribution in [0.4, 0.5) is 4.79 Å². The summed E-state index contributed by atoms with van der Waals surface area (Å²) in [6.07, 6.45) is -1.05. The summed E-state index contributed by atoms with van der Waals surface area (Å²) in [5.74, 6) is 0. The van der Waals surface area contributed by atoms with Crippen molar-refractivity contribution in [3.05, 3.63) is 0 Å². The first-order chi connectivity index (χ1) is 7.85. The minimum absolute atomic E-state index is 0.339. The fourth-order valence-corrected chi connectivity index (χ4v) is 2.02. The molecule has 0 bridgehead atoms. The summed E-state index contributed by atoms with van der Waals surface area (Å²) in [7, 11) is 0. The normalized spacial score (nSPS) is 23.4. The van der Waals surface area contributed by atoms with Crippen molar-refractivity contribution in [1.29, 1.82) is 0 Å². The van der Waals surface area contributed by atoms with Crippen LogP contribution in [-0.2, 0) is 9.47 Å². The molecule has 0 aromatic heterocycles. The van der Waals surface area contributed by atoms with Gasteiger partial charge in [0.15, 0.2) is 0 Å². The summed E-state index contributed by atoms with van der Waals surface area (Å²) in [6, 6.07) is -0.349. The molecule has 0 spiro atoms. The van der Waals surface area contributed by atoms with Crippen molar-refractivity contribution in [3.63, 3.8) is 0 Å². The first-order valence-corrected chi connectivity index (χ1v) is 6.78. The minimum atomic E-state index is -0.650. The van der Waals surface area contributed by atoms with Crippen molar-refractivity contribution >= 4 is 22.0 Å². The van der Waals surface area contributed by atoms with Crippen LogP contribution in [0, 0.1) is 0 Å². The van der Waals surface area contributed by atoms with E-state index in [-0.39, 0.29) is 6.04 Å². The summed E-state index contributed by atoms with van der Waals surface area (Å²) < 4.78 is 10.6. The largest absolute Gasteiger partial charge is 0.444 e. The highest BCUT2D eigenvalue weighted by Gasteiger charge is 2.34. The summed E-state index contributed by atoms with van der Waals surface area (Å²) >= 11 is 3.20. The van der Waals surface area contributed by atoms with Gasteiger partial charge >= 0.3 is 6.09 Å². The highest BCUT2D eigenvalue weighted by atomic mass is 79.9. The molecule has 0 aromatic rings. The van der Waals surface area contributed by atoms with Crippen LogP contribution in [0.5, 0.6) is 0 Å². The van der Waals surface area contributed by atoms with Crippen LogP contribution < -0.4 is 0 Å². The molecule has 0 aromatic carbocycles. The van der Waals surface area contributed by atoms with Crippen molar-refractivity contribution < 1.29 is 19.4 Å². The van der Waals surface area contributed by atoms with Gasteiger partial charge in [-0.1, -0.05) is 15.9 Å². The third-order valence-corrected chi connectivity index (χ3v) is 3.06. The maximum atomic E-state index is 12.0. The molecule has 1 heterocycles. The molecule has 5 nitrogen and oxygen atoms in total. The summed E-state index contributed by atoms with van der Waals surface area (Å²) in [4.78, 5) is 13.5. The number of hydrogen-bond acceptors (Lipinski definition) is 4. The van der Waals surface area contributed by atoms with E-state index < -0.39 is 17.8 Å². The van der Waals surface area contributed by atoms with E-state index in [1.54, 1.807) is 4.90 Å². The maximum absolute atomic E-state index is 12.0. The van der Waals surface area contributed by atoms with Crippen LogP contribution in [0.25, 0.3) is 0 Å². The Labute approximate surface area is 110 Å². The smallest absolute Gasteiger partial charge is 0.410 e. The van der Waals surface area contributed by atoms with Crippen LogP contribution >= 0.6 is 15.9 Å². The maximum Gasteiger partial charge on any atom is 0.410 e. The van der Waals surface area contributed by atoms with Crippen molar-refractivity contribution in [2.75, 3.05) is 25.1 Å². The van der Waals surface area contributed by atoms with E-state index in [0.29, 0.717) is 25.1 Å². The Kier molecular flexibility index (Phi) is 5.22. The van der Waals surface area contributed by atoms with E-state index in [9.17, 15) is 9.90 Å². The summed E-state index contributed by atoms with van der Waals surface area (Å²) in [5, 5.41) is 10.2. The number of aliphatic hydroxyl groups is 1. The Morgan fingerprint density at radius 3 is 2.82 bits per heavy atom. The molecule has 1 fully saturated rings. The molecule has 6 heteroatoms. The highest BCUT2D eigenvalue weighted by molar-refractivity contribution is 9.09. The van der Waals surface area contributed by atoms with E-state index in [1.807, 2.05) is 20.8 Å². The molecule has 1 saturated heterocycles. The van der Waals surface area contributed by atoms with Gasteiger partial charge in [-0.15, -0.1) is 0 Å². The Morgan fingerprint density at radius 2 is 2.29 bits per heavy atom. The molecule has 1 N–H and O–H groups in total. The summed E-state index contributed by atoms with van der Waals surface area (Å²) in [6.45, 7) is 6.73. The van der Waals surface area contributed by atoms with Crippen LogP contribution in [0.1, 0.15) is 20.8 Å². The summed E-state index contributed by atoms with van der Waals surface area (Å²) in [5.41, 5.74) is -0.528. The van der Waals surface area contributed by atoms with Gasteiger partial charge in [-0.3, -0.25) is 4.90 Å². The number of carbonyl (C=O) groups excluding carboxylic acids is 1. The second kappa shape index (κ2) is 6.02. The molecular formula is C11H20BrNO4. The number of amides is 1. The van der Waals surface area contributed by atoms with Crippen molar-refractivity contribution in [2.45, 2.75) is 38.5 Å². The number of morpholine rings is 1. The molecule has 2 atom stereocenters. The number of aliphatic hydroxyl groups excluding tert-OH is 1. The molecule has 0 saturated carbocycles. The molecule has 2 unspecified atom stereocenters. The zero-order valence-electron chi connectivity index (χ0n) is 10.5. The van der Waals surface area contributed by atoms with Gasteiger partial charge in [0.25, 0.3) is 0 Å². The fourth-order valence-electron chi connectivity index (χ4n) is 1.59. The van der Waals surface area contributed by atoms with Gasteiger partial charge in [0.05, 0.1) is 25.4 Å². The third-order valence-electron chi connectivity index (χ3n) is 2.40. The molecule has 0 radical (unpaired) electrons. The molecule has 0 aliphatic carbocycles. The number of nitrogens with zero attached hydrogens (tertiary/aromatic N) is 1. The molecule has 1 aliphatic rings. The number of hydrogen-bond donors (Lipinski definition) is 1. The fraction of sp³-hybridized carbons (Fsp3) is 0.909. The first kappa shape index (κ1) is 14.7. The number of alkyl halides is 1. The quantitative estimate of drug-likeness (QED) is 0.783. The first-order valence-electron chi connectivity index (χ1n) is 5.66. The molecule has 1 rings (SSSR count). The van der Waals surface area contributed by atoms with Crippen molar-refractivity contribution in [1.82, 2.24) is 4.90 Å². The van der Waals surface area contributed by atoms with E-state index in [0.717, 1.165) is 0 Å². The Morgan fingerprint density at radius 1 is 1.65 bits per heavy atom. The predicted octanol–water partition coefficient (Wildman–Crippen LogP) is 1.38. The number of ether oxygens (including phenoxy) is 2. The second-order valence-corrected chi connectivity index (χ2v) is 5.69. The minimum Gasteiger partial charge on any atom is -0.444 e. The van der Waals surface area contributed by atoms with Gasteiger partial charge in [-0.2, -0.15) is 0 Å². The van der Waals surface area contributed by atoms with Crippen LogP contribution in [0.2, 0.25) is 0 Å². The Hall–Kier alpha value is -0.330. The van der Waals surface area contributed by atoms with Gasteiger partial charge in [-0.25, -0.2) is 4.79 Å². The molecular weight excluding hydrogens is 290 g/mol. The molecule has 100 valence electrons. The van der Waals surface area contributed by atoms with E-state index in [2.05, 4.69) is 15.9 Å². The lowest BCUT2D eigenvalue weighted by atomic mass is 10.1. The number of carbonyl (C=O) groups is 1. The lowest BCUT2D eigenvalue weighted by molar-refractivity contribution is -0.0611. The standard InChI is InChI=1S/C11H20BrNO4/c1-11(2,3)17-10(15)13-4-5-16-7-8(13)9(14)6-12/h8-9,14H,4-7H2,1-3H3. The average molecular weight is 310 g/mol. The van der Waals surface area contributed by atoms with Gasteiger partial charge in [0.2, 0.25) is 0 Å². The van der Waals surface area contributed by atoms with Crippen LogP contribution in [0.3, 0.4) is 0 Å². The second-order valence-electron chi connectivity index (χ2n) is 5.04. The Balaban J connectivity index is 2.67. The Bertz CT molecular complexity index is 267. The number of halogens is 1. The lowest BCUT2D eigenvalue weighted by Gasteiger charge is -2.38. The van der Waals surface area contributed by atoms with Gasteiger partial charge in [0, 0.05) is 11.9 Å². The number of rotatable bonds is 2. The topological polar surface area (TPSA) is 59.0 Å².